The number of hydrogen-bond acceptors (Lipinski definition) is 4. The van der Waals surface area contributed by atoms with Crippen LogP contribution in [0.25, 0.3) is 0 Å². The van der Waals surface area contributed by atoms with Crippen LogP contribution in [0.5, 0.6) is 0 Å². The molecule has 0 atom stereocenters. The minimum atomic E-state index is -0.637. The van der Waals surface area contributed by atoms with E-state index in [1.165, 1.54) is 12.8 Å². The van der Waals surface area contributed by atoms with Crippen LogP contribution in [0.4, 0.5) is 0 Å². The Hall–Kier alpha value is -0.900. The second-order valence-electron chi connectivity index (χ2n) is 8.21. The lowest BCUT2D eigenvalue weighted by atomic mass is 9.79. The Labute approximate surface area is 141 Å². The highest BCUT2D eigenvalue weighted by Crippen LogP contribution is 2.38. The molecule has 23 heavy (non-hydrogen) atoms. The molecular weight excluding hydrogens is 290 g/mol. The molecule has 0 radical (unpaired) electrons. The highest BCUT2D eigenvalue weighted by atomic mass is 16.5. The van der Waals surface area contributed by atoms with Gasteiger partial charge in [-0.15, -0.1) is 0 Å². The van der Waals surface area contributed by atoms with Gasteiger partial charge in [0.25, 0.3) is 0 Å². The highest BCUT2D eigenvalue weighted by molar-refractivity contribution is 6.33. The molecule has 4 heteroatoms. The van der Waals surface area contributed by atoms with E-state index in [-0.39, 0.29) is 23.0 Å². The maximum atomic E-state index is 12.0. The molecule has 1 heterocycles. The number of nitrogens with zero attached hydrogens (tertiary/aromatic N) is 1. The Morgan fingerprint density at radius 1 is 1.00 bits per heavy atom. The van der Waals surface area contributed by atoms with E-state index in [1.54, 1.807) is 0 Å². The molecule has 0 saturated carbocycles. The van der Waals surface area contributed by atoms with E-state index in [0.29, 0.717) is 6.42 Å². The van der Waals surface area contributed by atoms with Gasteiger partial charge in [-0.1, -0.05) is 32.6 Å². The van der Waals surface area contributed by atoms with Crippen molar-refractivity contribution in [2.24, 2.45) is 0 Å². The van der Waals surface area contributed by atoms with Gasteiger partial charge in [0.1, 0.15) is 6.10 Å². The molecule has 0 bridgehead atoms. The fraction of sp³-hybridized carbons (Fsp3) is 0.895. The van der Waals surface area contributed by atoms with E-state index in [2.05, 4.69) is 46.6 Å². The molecule has 0 aromatic rings. The molecular formula is C19H35NO3. The second kappa shape index (κ2) is 8.27. The topological polar surface area (TPSA) is 46.6 Å². The summed E-state index contributed by atoms with van der Waals surface area (Å²) in [5.74, 6) is -1.00. The lowest BCUT2D eigenvalue weighted by Gasteiger charge is -2.53. The normalized spacial score (nSPS) is 21.1. The van der Waals surface area contributed by atoms with E-state index in [4.69, 9.17) is 4.74 Å². The Balaban J connectivity index is 2.46. The van der Waals surface area contributed by atoms with Gasteiger partial charge in [-0.25, -0.2) is 4.79 Å². The van der Waals surface area contributed by atoms with Crippen molar-refractivity contribution in [2.45, 2.75) is 103 Å². The smallest absolute Gasteiger partial charge is 0.374 e. The molecule has 1 saturated heterocycles. The van der Waals surface area contributed by atoms with Crippen molar-refractivity contribution in [1.82, 2.24) is 4.90 Å². The van der Waals surface area contributed by atoms with Gasteiger partial charge in [0.15, 0.2) is 0 Å². The van der Waals surface area contributed by atoms with Gasteiger partial charge >= 0.3 is 5.97 Å². The van der Waals surface area contributed by atoms with Crippen LogP contribution >= 0.6 is 0 Å². The summed E-state index contributed by atoms with van der Waals surface area (Å²) >= 11 is 0. The van der Waals surface area contributed by atoms with E-state index < -0.39 is 5.97 Å². The number of esters is 1. The number of carbonyl (C=O) groups excluding carboxylic acids is 2. The van der Waals surface area contributed by atoms with E-state index >= 15 is 0 Å². The first kappa shape index (κ1) is 20.1. The third-order valence-electron chi connectivity index (χ3n) is 5.28. The van der Waals surface area contributed by atoms with Crippen LogP contribution in [0.1, 0.15) is 86.0 Å². The fourth-order valence-electron chi connectivity index (χ4n) is 3.57. The number of rotatable bonds is 8. The van der Waals surface area contributed by atoms with E-state index in [1.807, 2.05) is 0 Å². The Morgan fingerprint density at radius 3 is 2.04 bits per heavy atom. The van der Waals surface area contributed by atoms with Gasteiger partial charge in [-0.2, -0.15) is 0 Å². The molecule has 0 unspecified atom stereocenters. The molecule has 134 valence electrons. The average Bonchev–Trinajstić information content (AvgIpc) is 2.43. The monoisotopic (exact) mass is 325 g/mol. The van der Waals surface area contributed by atoms with E-state index in [9.17, 15) is 9.59 Å². The second-order valence-corrected chi connectivity index (χ2v) is 8.21. The Bertz CT molecular complexity index is 397. The minimum Gasteiger partial charge on any atom is -0.457 e. The van der Waals surface area contributed by atoms with Crippen molar-refractivity contribution in [3.63, 3.8) is 0 Å². The van der Waals surface area contributed by atoms with Gasteiger partial charge in [0, 0.05) is 30.3 Å². The van der Waals surface area contributed by atoms with Crippen molar-refractivity contribution in [1.29, 1.82) is 0 Å². The summed E-state index contributed by atoms with van der Waals surface area (Å²) in [4.78, 5) is 26.3. The molecule has 1 fully saturated rings. The molecule has 1 aliphatic rings. The molecule has 0 spiro atoms. The van der Waals surface area contributed by atoms with Crippen LogP contribution < -0.4 is 0 Å². The zero-order valence-corrected chi connectivity index (χ0v) is 15.9. The van der Waals surface area contributed by atoms with Crippen LogP contribution in [-0.4, -0.2) is 40.9 Å². The number of piperidine rings is 1. The van der Waals surface area contributed by atoms with Gasteiger partial charge in [0.2, 0.25) is 5.78 Å². The standard InChI is InChI=1S/C19H35NO3/c1-7-8-9-10-11-12-16(21)17(22)23-15-13-18(2,3)20(6)19(4,5)14-15/h15H,7-14H2,1-6H3. The number of Topliss-reactive ketones (excluding diaryl/α,β-unsaturated/α-hetero) is 1. The zero-order chi connectivity index (χ0) is 17.7. The summed E-state index contributed by atoms with van der Waals surface area (Å²) in [6, 6.07) is 0. The Morgan fingerprint density at radius 2 is 1.52 bits per heavy atom. The van der Waals surface area contributed by atoms with Crippen molar-refractivity contribution < 1.29 is 14.3 Å². The zero-order valence-electron chi connectivity index (χ0n) is 15.9. The predicted molar refractivity (Wildman–Crippen MR) is 93.4 cm³/mol. The third-order valence-corrected chi connectivity index (χ3v) is 5.28. The summed E-state index contributed by atoms with van der Waals surface area (Å²) < 4.78 is 5.54. The fourth-order valence-corrected chi connectivity index (χ4v) is 3.57. The molecule has 0 aromatic heterocycles. The molecule has 1 aliphatic heterocycles. The number of likely N-dealkylation sites (tertiary alicyclic amines) is 1. The lowest BCUT2D eigenvalue weighted by molar-refractivity contribution is -0.165. The van der Waals surface area contributed by atoms with Crippen LogP contribution in [0.15, 0.2) is 0 Å². The summed E-state index contributed by atoms with van der Waals surface area (Å²) in [6.07, 6.45) is 6.99. The minimum absolute atomic E-state index is 0.0457. The lowest BCUT2D eigenvalue weighted by Crippen LogP contribution is -2.60. The van der Waals surface area contributed by atoms with Gasteiger partial charge < -0.3 is 4.74 Å². The van der Waals surface area contributed by atoms with Crippen LogP contribution in [-0.2, 0) is 14.3 Å². The van der Waals surface area contributed by atoms with Gasteiger partial charge in [-0.3, -0.25) is 9.69 Å². The number of ketones is 1. The molecule has 0 aromatic carbocycles. The molecule has 4 nitrogen and oxygen atoms in total. The first-order chi connectivity index (χ1) is 10.6. The third kappa shape index (κ3) is 5.91. The van der Waals surface area contributed by atoms with Crippen LogP contribution in [0, 0.1) is 0 Å². The van der Waals surface area contributed by atoms with Crippen molar-refractivity contribution in [3.05, 3.63) is 0 Å². The molecule has 0 aliphatic carbocycles. The van der Waals surface area contributed by atoms with Gasteiger partial charge in [-0.05, 0) is 41.2 Å². The number of hydrogen-bond donors (Lipinski definition) is 0. The van der Waals surface area contributed by atoms with Crippen molar-refractivity contribution in [2.75, 3.05) is 7.05 Å². The maximum Gasteiger partial charge on any atom is 0.374 e. The largest absolute Gasteiger partial charge is 0.457 e. The van der Waals surface area contributed by atoms with Crippen molar-refractivity contribution in [3.8, 4) is 0 Å². The summed E-state index contributed by atoms with van der Waals surface area (Å²) in [5.41, 5.74) is -0.0915. The Kier molecular flexibility index (Phi) is 7.25. The first-order valence-electron chi connectivity index (χ1n) is 9.08. The van der Waals surface area contributed by atoms with Crippen molar-refractivity contribution >= 4 is 11.8 Å². The maximum absolute atomic E-state index is 12.0. The highest BCUT2D eigenvalue weighted by Gasteiger charge is 2.44. The summed E-state index contributed by atoms with van der Waals surface area (Å²) in [6.45, 7) is 10.8. The molecule has 0 N–H and O–H groups in total. The molecule has 0 amide bonds. The predicted octanol–water partition coefficient (Wildman–Crippen LogP) is 4.11. The number of ether oxygens (including phenoxy) is 1. The van der Waals surface area contributed by atoms with Crippen LogP contribution in [0.2, 0.25) is 0 Å². The van der Waals surface area contributed by atoms with Gasteiger partial charge in [0.05, 0.1) is 0 Å². The van der Waals surface area contributed by atoms with E-state index in [0.717, 1.165) is 32.1 Å². The molecule has 1 rings (SSSR count). The number of carbonyl (C=O) groups is 2. The SMILES string of the molecule is CCCCCCCC(=O)C(=O)OC1CC(C)(C)N(C)C(C)(C)C1. The first-order valence-corrected chi connectivity index (χ1v) is 9.08. The average molecular weight is 325 g/mol. The van der Waals surface area contributed by atoms with Crippen LogP contribution in [0.3, 0.4) is 0 Å². The quantitative estimate of drug-likeness (QED) is 0.383. The summed E-state index contributed by atoms with van der Waals surface area (Å²) in [5, 5.41) is 0. The summed E-state index contributed by atoms with van der Waals surface area (Å²) in [7, 11) is 2.11. The number of unbranched alkanes of at least 4 members (excludes halogenated alkanes) is 4.